The molecule has 3 N–H and O–H groups in total. The van der Waals surface area contributed by atoms with Crippen molar-refractivity contribution < 1.29 is 9.53 Å². The van der Waals surface area contributed by atoms with Crippen molar-refractivity contribution in [1.29, 1.82) is 0 Å². The number of ether oxygens (including phenoxy) is 1. The number of carbonyl (C=O) groups is 1. The summed E-state index contributed by atoms with van der Waals surface area (Å²) < 4.78 is 5.55. The Balaban J connectivity index is 2.04. The highest BCUT2D eigenvalue weighted by molar-refractivity contribution is 7.98. The molecular formula is C14H20N2O2S. The van der Waals surface area contributed by atoms with Crippen LogP contribution in [0.2, 0.25) is 0 Å². The standard InChI is InChI=1S/C14H20N2O2S/c1-3-18-11-8-10(15)13(11)16-14(17)9-6-4-5-7-12(9)19-2/h4-7,10-11,13H,3,8,15H2,1-2H3,(H,16,17). The fourth-order valence-corrected chi connectivity index (χ4v) is 2.88. The van der Waals surface area contributed by atoms with Crippen molar-refractivity contribution in [1.82, 2.24) is 5.32 Å². The summed E-state index contributed by atoms with van der Waals surface area (Å²) in [5.74, 6) is -0.0743. The molecule has 1 saturated carbocycles. The molecule has 0 aliphatic heterocycles. The molecule has 0 spiro atoms. The van der Waals surface area contributed by atoms with Gasteiger partial charge in [0.25, 0.3) is 5.91 Å². The van der Waals surface area contributed by atoms with E-state index >= 15 is 0 Å². The summed E-state index contributed by atoms with van der Waals surface area (Å²) in [5.41, 5.74) is 6.64. The summed E-state index contributed by atoms with van der Waals surface area (Å²) in [6, 6.07) is 7.49. The average Bonchev–Trinajstić information content (AvgIpc) is 2.44. The van der Waals surface area contributed by atoms with E-state index in [-0.39, 0.29) is 24.1 Å². The molecule has 2 rings (SSSR count). The van der Waals surface area contributed by atoms with Crippen LogP contribution in [0.25, 0.3) is 0 Å². The molecule has 1 aromatic carbocycles. The normalized spacial score (nSPS) is 25.7. The second-order valence-corrected chi connectivity index (χ2v) is 5.44. The molecule has 1 amide bonds. The van der Waals surface area contributed by atoms with Gasteiger partial charge in [0, 0.05) is 17.5 Å². The third-order valence-electron chi connectivity index (χ3n) is 3.40. The molecular weight excluding hydrogens is 260 g/mol. The highest BCUT2D eigenvalue weighted by Gasteiger charge is 2.40. The Labute approximate surface area is 118 Å². The Hall–Kier alpha value is -1.04. The molecule has 5 heteroatoms. The molecule has 3 unspecified atom stereocenters. The number of hydrogen-bond donors (Lipinski definition) is 2. The monoisotopic (exact) mass is 280 g/mol. The fraction of sp³-hybridized carbons (Fsp3) is 0.500. The minimum absolute atomic E-state index is 0.0121. The first kappa shape index (κ1) is 14.4. The average molecular weight is 280 g/mol. The first-order valence-corrected chi connectivity index (χ1v) is 7.71. The third-order valence-corrected chi connectivity index (χ3v) is 4.19. The van der Waals surface area contributed by atoms with Crippen LogP contribution in [-0.2, 0) is 4.74 Å². The fourth-order valence-electron chi connectivity index (χ4n) is 2.29. The van der Waals surface area contributed by atoms with Crippen LogP contribution in [-0.4, -0.2) is 37.0 Å². The summed E-state index contributed by atoms with van der Waals surface area (Å²) in [4.78, 5) is 13.3. The maximum absolute atomic E-state index is 12.3. The topological polar surface area (TPSA) is 64.3 Å². The highest BCUT2D eigenvalue weighted by Crippen LogP contribution is 2.24. The molecule has 0 bridgehead atoms. The van der Waals surface area contributed by atoms with Gasteiger partial charge in [0.05, 0.1) is 17.7 Å². The van der Waals surface area contributed by atoms with E-state index in [0.29, 0.717) is 12.2 Å². The van der Waals surface area contributed by atoms with E-state index in [4.69, 9.17) is 10.5 Å². The lowest BCUT2D eigenvalue weighted by molar-refractivity contribution is -0.0300. The predicted octanol–water partition coefficient (Wildman–Crippen LogP) is 1.64. The van der Waals surface area contributed by atoms with Crippen molar-refractivity contribution in [3.8, 4) is 0 Å². The first-order valence-electron chi connectivity index (χ1n) is 6.48. The van der Waals surface area contributed by atoms with E-state index in [2.05, 4.69) is 5.32 Å². The Morgan fingerprint density at radius 2 is 2.26 bits per heavy atom. The second kappa shape index (κ2) is 6.41. The van der Waals surface area contributed by atoms with Gasteiger partial charge in [-0.15, -0.1) is 11.8 Å². The zero-order valence-electron chi connectivity index (χ0n) is 11.3. The van der Waals surface area contributed by atoms with Gasteiger partial charge in [0.2, 0.25) is 0 Å². The quantitative estimate of drug-likeness (QED) is 0.805. The van der Waals surface area contributed by atoms with Crippen molar-refractivity contribution in [3.05, 3.63) is 29.8 Å². The van der Waals surface area contributed by atoms with Gasteiger partial charge in [-0.2, -0.15) is 0 Å². The van der Waals surface area contributed by atoms with E-state index in [1.54, 1.807) is 11.8 Å². The molecule has 1 aliphatic carbocycles. The van der Waals surface area contributed by atoms with Crippen LogP contribution < -0.4 is 11.1 Å². The number of hydrogen-bond acceptors (Lipinski definition) is 4. The van der Waals surface area contributed by atoms with Gasteiger partial charge in [-0.05, 0) is 31.7 Å². The van der Waals surface area contributed by atoms with Gasteiger partial charge in [-0.3, -0.25) is 4.79 Å². The molecule has 19 heavy (non-hydrogen) atoms. The van der Waals surface area contributed by atoms with E-state index in [1.165, 1.54) is 0 Å². The number of nitrogens with one attached hydrogen (secondary N) is 1. The number of carbonyl (C=O) groups excluding carboxylic acids is 1. The molecule has 104 valence electrons. The van der Waals surface area contributed by atoms with Gasteiger partial charge >= 0.3 is 0 Å². The van der Waals surface area contributed by atoms with Crippen LogP contribution in [0.15, 0.2) is 29.2 Å². The van der Waals surface area contributed by atoms with Gasteiger partial charge in [0.1, 0.15) is 0 Å². The Bertz CT molecular complexity index is 451. The maximum atomic E-state index is 12.3. The van der Waals surface area contributed by atoms with E-state index in [1.807, 2.05) is 37.4 Å². The summed E-state index contributed by atoms with van der Waals surface area (Å²) >= 11 is 1.56. The first-order chi connectivity index (χ1) is 9.17. The van der Waals surface area contributed by atoms with E-state index < -0.39 is 0 Å². The molecule has 4 nitrogen and oxygen atoms in total. The molecule has 1 aliphatic rings. The predicted molar refractivity (Wildman–Crippen MR) is 77.5 cm³/mol. The zero-order chi connectivity index (χ0) is 13.8. The lowest BCUT2D eigenvalue weighted by atomic mass is 9.83. The van der Waals surface area contributed by atoms with E-state index in [9.17, 15) is 4.79 Å². The van der Waals surface area contributed by atoms with Crippen LogP contribution in [0.4, 0.5) is 0 Å². The van der Waals surface area contributed by atoms with Crippen molar-refractivity contribution in [2.75, 3.05) is 12.9 Å². The lowest BCUT2D eigenvalue weighted by Crippen LogP contribution is -2.64. The lowest BCUT2D eigenvalue weighted by Gasteiger charge is -2.42. The Morgan fingerprint density at radius 1 is 1.53 bits per heavy atom. The van der Waals surface area contributed by atoms with Crippen LogP contribution >= 0.6 is 11.8 Å². The van der Waals surface area contributed by atoms with Crippen LogP contribution in [0.5, 0.6) is 0 Å². The van der Waals surface area contributed by atoms with Crippen LogP contribution in [0, 0.1) is 0 Å². The summed E-state index contributed by atoms with van der Waals surface area (Å²) in [7, 11) is 0. The minimum Gasteiger partial charge on any atom is -0.376 e. The van der Waals surface area contributed by atoms with Gasteiger partial charge in [-0.1, -0.05) is 12.1 Å². The number of nitrogens with two attached hydrogens (primary N) is 1. The molecule has 0 heterocycles. The maximum Gasteiger partial charge on any atom is 0.252 e. The van der Waals surface area contributed by atoms with Crippen molar-refractivity contribution >= 4 is 17.7 Å². The second-order valence-electron chi connectivity index (χ2n) is 4.59. The number of benzene rings is 1. The van der Waals surface area contributed by atoms with Crippen molar-refractivity contribution in [2.45, 2.75) is 36.4 Å². The smallest absolute Gasteiger partial charge is 0.252 e. The van der Waals surface area contributed by atoms with Crippen molar-refractivity contribution in [2.24, 2.45) is 5.73 Å². The Morgan fingerprint density at radius 3 is 2.89 bits per heavy atom. The molecule has 0 aromatic heterocycles. The molecule has 1 aromatic rings. The molecule has 1 fully saturated rings. The Kier molecular flexibility index (Phi) is 4.85. The largest absolute Gasteiger partial charge is 0.376 e. The molecule has 0 saturated heterocycles. The van der Waals surface area contributed by atoms with Crippen LogP contribution in [0.1, 0.15) is 23.7 Å². The van der Waals surface area contributed by atoms with Gasteiger partial charge in [-0.25, -0.2) is 0 Å². The third kappa shape index (κ3) is 3.11. The minimum atomic E-state index is -0.0811. The van der Waals surface area contributed by atoms with Gasteiger partial charge in [0.15, 0.2) is 0 Å². The number of thioether (sulfide) groups is 1. The summed E-state index contributed by atoms with van der Waals surface area (Å²) in [6.45, 7) is 2.59. The molecule has 0 radical (unpaired) electrons. The molecule has 3 atom stereocenters. The summed E-state index contributed by atoms with van der Waals surface area (Å²) in [6.07, 6.45) is 2.82. The SMILES string of the molecule is CCOC1CC(N)C1NC(=O)c1ccccc1SC. The zero-order valence-corrected chi connectivity index (χ0v) is 12.1. The van der Waals surface area contributed by atoms with Crippen LogP contribution in [0.3, 0.4) is 0 Å². The number of amides is 1. The number of rotatable bonds is 5. The van der Waals surface area contributed by atoms with Gasteiger partial charge < -0.3 is 15.8 Å². The summed E-state index contributed by atoms with van der Waals surface area (Å²) in [5, 5.41) is 2.99. The van der Waals surface area contributed by atoms with Crippen molar-refractivity contribution in [3.63, 3.8) is 0 Å². The van der Waals surface area contributed by atoms with E-state index in [0.717, 1.165) is 11.3 Å². The highest BCUT2D eigenvalue weighted by atomic mass is 32.2.